The minimum atomic E-state index is -1.07. The number of rotatable bonds is 2. The molecule has 0 unspecified atom stereocenters. The molecule has 2 aliphatic heterocycles. The number of methoxy groups -OCH3 is 1. The average molecular weight is 515 g/mol. The summed E-state index contributed by atoms with van der Waals surface area (Å²) in [5.41, 5.74) is 7.94. The number of ether oxygens (including phenoxy) is 1. The van der Waals surface area contributed by atoms with E-state index in [4.69, 9.17) is 25.0 Å². The second-order valence-electron chi connectivity index (χ2n) is 9.99. The molecule has 0 spiro atoms. The molecular formula is C30H26MgN4O3-2. The first-order valence-corrected chi connectivity index (χ1v) is 12.3. The third-order valence-electron chi connectivity index (χ3n) is 7.83. The summed E-state index contributed by atoms with van der Waals surface area (Å²) in [4.78, 5) is 41.0. The smallest absolute Gasteiger partial charge is 0.664 e. The number of aromatic nitrogens is 3. The van der Waals surface area contributed by atoms with Gasteiger partial charge in [-0.2, -0.15) is 11.4 Å². The Morgan fingerprint density at radius 2 is 1.79 bits per heavy atom. The average Bonchev–Trinajstić information content (AvgIpc) is 3.63. The Kier molecular flexibility index (Phi) is 6.43. The summed E-state index contributed by atoms with van der Waals surface area (Å²) in [6.07, 6.45) is 7.61. The fourth-order valence-corrected chi connectivity index (χ4v) is 5.55. The number of carbonyl (C=O) groups is 2. The van der Waals surface area contributed by atoms with Crippen LogP contribution in [0.5, 0.6) is 0 Å². The number of Topliss-reactive ketones (excluding diaryl/α,β-unsaturated/α-hetero) is 1. The first-order valence-electron chi connectivity index (χ1n) is 12.3. The number of aryl methyl sites for hydroxylation is 1. The number of fused-ring (bicyclic) bond motifs is 7. The summed E-state index contributed by atoms with van der Waals surface area (Å²) in [5, 5.41) is 6.54. The van der Waals surface area contributed by atoms with Crippen molar-refractivity contribution in [2.45, 2.75) is 27.7 Å². The zero-order valence-corrected chi connectivity index (χ0v) is 23.5. The van der Waals surface area contributed by atoms with Crippen molar-refractivity contribution in [1.29, 1.82) is 0 Å². The quantitative estimate of drug-likeness (QED) is 0.296. The van der Waals surface area contributed by atoms with Crippen LogP contribution in [0.3, 0.4) is 0 Å². The SMILES string of the molecule is C=Cc1cc2[n-]c1/C=c1\[n-]/c(cc1C)=C\c1[n-]c3c(c1C)C(=O)[C@H](C(=O)OC)/C3=C1/[N-]/C(=C\2)[C@@H](C)[C@@H]1C.[Mg+2]. The molecule has 0 amide bonds. The van der Waals surface area contributed by atoms with Crippen molar-refractivity contribution in [2.75, 3.05) is 7.11 Å². The van der Waals surface area contributed by atoms with Crippen molar-refractivity contribution in [3.8, 4) is 0 Å². The Hall–Kier alpha value is -3.49. The van der Waals surface area contributed by atoms with Crippen LogP contribution in [-0.2, 0) is 9.53 Å². The van der Waals surface area contributed by atoms with Gasteiger partial charge in [0.1, 0.15) is 5.92 Å². The molecular weight excluding hydrogens is 489 g/mol. The Bertz CT molecular complexity index is 1710. The first-order chi connectivity index (χ1) is 17.7. The molecule has 3 aromatic heterocycles. The molecule has 3 aromatic rings. The summed E-state index contributed by atoms with van der Waals surface area (Å²) in [6, 6.07) is 3.97. The van der Waals surface area contributed by atoms with Gasteiger partial charge in [-0.15, -0.1) is 33.5 Å². The van der Waals surface area contributed by atoms with E-state index < -0.39 is 11.9 Å². The predicted molar refractivity (Wildman–Crippen MR) is 147 cm³/mol. The van der Waals surface area contributed by atoms with Crippen LogP contribution in [0.25, 0.3) is 35.2 Å². The van der Waals surface area contributed by atoms with Crippen molar-refractivity contribution < 1.29 is 14.3 Å². The van der Waals surface area contributed by atoms with Gasteiger partial charge in [0.25, 0.3) is 0 Å². The van der Waals surface area contributed by atoms with E-state index in [9.17, 15) is 9.59 Å². The number of carbonyl (C=O) groups excluding carboxylic acids is 2. The fourth-order valence-electron chi connectivity index (χ4n) is 5.55. The van der Waals surface area contributed by atoms with Gasteiger partial charge in [0.05, 0.1) is 7.11 Å². The maximum Gasteiger partial charge on any atom is 2.00 e. The molecule has 188 valence electrons. The number of hydrogen-bond donors (Lipinski definition) is 0. The summed E-state index contributed by atoms with van der Waals surface area (Å²) in [7, 11) is 1.30. The Morgan fingerprint density at radius 3 is 2.50 bits per heavy atom. The fraction of sp³-hybridized carbons (Fsp3) is 0.267. The van der Waals surface area contributed by atoms with E-state index >= 15 is 0 Å². The van der Waals surface area contributed by atoms with Gasteiger partial charge in [-0.05, 0) is 31.2 Å². The van der Waals surface area contributed by atoms with Crippen molar-refractivity contribution in [3.63, 3.8) is 0 Å². The van der Waals surface area contributed by atoms with Crippen molar-refractivity contribution in [1.82, 2.24) is 15.0 Å². The molecule has 0 N–H and O–H groups in total. The molecule has 1 fully saturated rings. The van der Waals surface area contributed by atoms with Crippen LogP contribution in [0.4, 0.5) is 0 Å². The van der Waals surface area contributed by atoms with Gasteiger partial charge in [0, 0.05) is 5.56 Å². The Morgan fingerprint density at radius 1 is 1.03 bits per heavy atom. The molecule has 1 aliphatic carbocycles. The third-order valence-corrected chi connectivity index (χ3v) is 7.83. The van der Waals surface area contributed by atoms with Crippen molar-refractivity contribution in [3.05, 3.63) is 91.2 Å². The molecule has 5 heterocycles. The molecule has 1 saturated heterocycles. The van der Waals surface area contributed by atoms with Crippen LogP contribution in [-0.4, -0.2) is 41.9 Å². The molecule has 0 aromatic carbocycles. The largest absolute Gasteiger partial charge is 2.00 e. The number of ketones is 1. The minimum Gasteiger partial charge on any atom is -0.664 e. The molecule has 6 rings (SSSR count). The summed E-state index contributed by atoms with van der Waals surface area (Å²) < 4.78 is 5.06. The monoisotopic (exact) mass is 514 g/mol. The van der Waals surface area contributed by atoms with E-state index in [1.807, 2.05) is 44.2 Å². The number of allylic oxidation sites excluding steroid dienone is 2. The maximum atomic E-state index is 13.6. The number of nitrogens with zero attached hydrogens (tertiary/aromatic N) is 4. The normalized spacial score (nSPS) is 26.3. The van der Waals surface area contributed by atoms with Crippen LogP contribution in [0.2, 0.25) is 0 Å². The van der Waals surface area contributed by atoms with E-state index in [1.54, 1.807) is 6.08 Å². The van der Waals surface area contributed by atoms with Crippen molar-refractivity contribution in [2.24, 2.45) is 17.8 Å². The topological polar surface area (TPSA) is 99.8 Å². The number of esters is 1. The van der Waals surface area contributed by atoms with E-state index in [-0.39, 0.29) is 40.7 Å². The van der Waals surface area contributed by atoms with E-state index in [0.29, 0.717) is 28.2 Å². The predicted octanol–water partition coefficient (Wildman–Crippen LogP) is 2.81. The zero-order chi connectivity index (χ0) is 26.2. The van der Waals surface area contributed by atoms with Gasteiger partial charge >= 0.3 is 29.0 Å². The molecule has 7 nitrogen and oxygen atoms in total. The standard InChI is InChI=1S/C30H27N4O3.Mg/c1-7-17-9-19-11-21-14(3)15(4)27(33-21)25-26(30(36)37-6)29(35)24-16(5)22(34-28(24)25)10-18-8-13(2)20(31-18)12-23(17)32-19;/h7-12,14-15,26H,1H2,2-6H3,(H-,33,34,35);/q-3;+2/p-1/b18-10-,20-12-,21-11-;/t14-,15-,26+;/m0./s1. The maximum absolute atomic E-state index is 13.6. The molecule has 0 saturated carbocycles. The van der Waals surface area contributed by atoms with Crippen LogP contribution < -0.4 is 25.7 Å². The van der Waals surface area contributed by atoms with Crippen LogP contribution in [0.15, 0.2) is 30.1 Å². The summed E-state index contributed by atoms with van der Waals surface area (Å²) in [6.45, 7) is 12.0. The molecule has 8 bridgehead atoms. The van der Waals surface area contributed by atoms with E-state index in [0.717, 1.165) is 44.5 Å². The van der Waals surface area contributed by atoms with Gasteiger partial charge in [0.15, 0.2) is 5.78 Å². The molecule has 3 aliphatic rings. The van der Waals surface area contributed by atoms with Gasteiger partial charge in [-0.25, -0.2) is 0 Å². The van der Waals surface area contributed by atoms with Crippen LogP contribution >= 0.6 is 0 Å². The van der Waals surface area contributed by atoms with Crippen LogP contribution in [0, 0.1) is 31.6 Å². The molecule has 3 atom stereocenters. The zero-order valence-electron chi connectivity index (χ0n) is 22.1. The van der Waals surface area contributed by atoms with Gasteiger partial charge in [-0.1, -0.05) is 73.6 Å². The van der Waals surface area contributed by atoms with Crippen molar-refractivity contribution >= 4 is 64.7 Å². The molecule has 38 heavy (non-hydrogen) atoms. The van der Waals surface area contributed by atoms with Gasteiger partial charge in [0.2, 0.25) is 0 Å². The summed E-state index contributed by atoms with van der Waals surface area (Å²) >= 11 is 0. The van der Waals surface area contributed by atoms with Gasteiger partial charge < -0.3 is 25.0 Å². The second kappa shape index (κ2) is 9.36. The molecule has 0 radical (unpaired) electrons. The van der Waals surface area contributed by atoms with E-state index in [2.05, 4.69) is 20.4 Å². The molecule has 8 heteroatoms. The summed E-state index contributed by atoms with van der Waals surface area (Å²) in [5.74, 6) is -1.94. The van der Waals surface area contributed by atoms with Crippen LogP contribution in [0.1, 0.15) is 63.7 Å². The number of hydrogen-bond acceptors (Lipinski definition) is 3. The van der Waals surface area contributed by atoms with E-state index in [1.165, 1.54) is 7.11 Å². The van der Waals surface area contributed by atoms with Gasteiger partial charge in [-0.3, -0.25) is 9.59 Å². The Labute approximate surface area is 237 Å². The Balaban J connectivity index is 0.00000294. The second-order valence-corrected chi connectivity index (χ2v) is 9.99. The minimum absolute atomic E-state index is 0. The third kappa shape index (κ3) is 3.77. The first kappa shape index (κ1) is 26.1.